The molecule has 0 spiro atoms. The summed E-state index contributed by atoms with van der Waals surface area (Å²) < 4.78 is 14.4. The predicted octanol–water partition coefficient (Wildman–Crippen LogP) is 10.5. The molecule has 0 aliphatic carbocycles. The van der Waals surface area contributed by atoms with Crippen LogP contribution in [0.4, 0.5) is 0 Å². The van der Waals surface area contributed by atoms with Gasteiger partial charge in [0.05, 0.1) is 13.6 Å². The van der Waals surface area contributed by atoms with Crippen molar-refractivity contribution >= 4 is 7.82 Å². The van der Waals surface area contributed by atoms with E-state index in [-0.39, 0.29) is 0 Å². The smallest absolute Gasteiger partial charge is 0.303 e. The second kappa shape index (κ2) is 28.8. The summed E-state index contributed by atoms with van der Waals surface area (Å²) in [6, 6.07) is 0. The summed E-state index contributed by atoms with van der Waals surface area (Å²) >= 11 is 0. The third kappa shape index (κ3) is 24.3. The highest BCUT2D eigenvalue weighted by atomic mass is 31.2. The average Bonchev–Trinajstić information content (AvgIpc) is 3.20. The summed E-state index contributed by atoms with van der Waals surface area (Å²) in [5, 5.41) is 0. The van der Waals surface area contributed by atoms with E-state index in [2.05, 4.69) is 43.9 Å². The van der Waals surface area contributed by atoms with Gasteiger partial charge in [-0.15, -0.1) is 0 Å². The summed E-state index contributed by atoms with van der Waals surface area (Å²) in [5.41, 5.74) is 3.42. The van der Waals surface area contributed by atoms with Crippen LogP contribution in [0, 0.1) is 0 Å². The zero-order valence-corrected chi connectivity index (χ0v) is 30.3. The van der Waals surface area contributed by atoms with E-state index in [0.717, 1.165) is 0 Å². The molecule has 1 aromatic rings. The molecule has 1 heterocycles. The molecule has 0 amide bonds. The van der Waals surface area contributed by atoms with Crippen LogP contribution in [0.2, 0.25) is 0 Å². The maximum absolute atomic E-state index is 8.88. The van der Waals surface area contributed by atoms with E-state index in [1.54, 1.807) is 17.2 Å². The Hall–Kier alpha value is -0.680. The van der Waals surface area contributed by atoms with Crippen molar-refractivity contribution in [3.63, 3.8) is 0 Å². The minimum Gasteiger partial charge on any atom is -0.303 e. The first-order chi connectivity index (χ1) is 20.7. The number of hydrogen-bond donors (Lipinski definition) is 3. The van der Waals surface area contributed by atoms with Gasteiger partial charge in [0.15, 0.2) is 0 Å². The number of imidazole rings is 1. The molecule has 0 aliphatic rings. The summed E-state index contributed by atoms with van der Waals surface area (Å²) in [6.07, 6.45) is 37.4. The van der Waals surface area contributed by atoms with Crippen molar-refractivity contribution in [2.24, 2.45) is 7.05 Å². The fourth-order valence-electron chi connectivity index (χ4n) is 6.26. The van der Waals surface area contributed by atoms with Crippen LogP contribution in [0.15, 0.2) is 0 Å². The van der Waals surface area contributed by atoms with Crippen LogP contribution in [0.5, 0.6) is 0 Å². The molecule has 0 radical (unpaired) electrons. The topological polar surface area (TPSA) is 86.6 Å². The summed E-state index contributed by atoms with van der Waals surface area (Å²) in [5.74, 6) is 1.65. The molecule has 7 heteroatoms. The van der Waals surface area contributed by atoms with E-state index >= 15 is 0 Å². The minimum absolute atomic E-state index is 1.26. The quantitative estimate of drug-likeness (QED) is 0.0489. The highest BCUT2D eigenvalue weighted by Crippen LogP contribution is 2.26. The normalized spacial score (nSPS) is 11.6. The van der Waals surface area contributed by atoms with E-state index in [1.807, 2.05) is 0 Å². The molecule has 1 rings (SSSR count). The third-order valence-electron chi connectivity index (χ3n) is 8.79. The van der Waals surface area contributed by atoms with Crippen molar-refractivity contribution in [3.05, 3.63) is 17.2 Å². The molecule has 1 aromatic heterocycles. The lowest BCUT2D eigenvalue weighted by molar-refractivity contribution is -0.686. The van der Waals surface area contributed by atoms with Crippen LogP contribution in [0.1, 0.15) is 199 Å². The van der Waals surface area contributed by atoms with E-state index in [0.29, 0.717) is 0 Å². The van der Waals surface area contributed by atoms with E-state index in [1.165, 1.54) is 180 Å². The van der Waals surface area contributed by atoms with Crippen molar-refractivity contribution in [3.8, 4) is 0 Å². The summed E-state index contributed by atoms with van der Waals surface area (Å²) in [6.45, 7) is 10.6. The van der Waals surface area contributed by atoms with Crippen molar-refractivity contribution in [2.75, 3.05) is 0 Å². The van der Waals surface area contributed by atoms with Gasteiger partial charge in [0.2, 0.25) is 0 Å². The maximum Gasteiger partial charge on any atom is 0.466 e. The lowest BCUT2D eigenvalue weighted by Gasteiger charge is -2.08. The van der Waals surface area contributed by atoms with Gasteiger partial charge in [0.1, 0.15) is 11.4 Å². The molecular formula is C36H74N2O4P+. The molecule has 6 nitrogen and oxygen atoms in total. The molecule has 0 fully saturated rings. The van der Waals surface area contributed by atoms with Crippen molar-refractivity contribution in [2.45, 2.75) is 208 Å². The van der Waals surface area contributed by atoms with Crippen molar-refractivity contribution in [1.82, 2.24) is 4.57 Å². The van der Waals surface area contributed by atoms with Gasteiger partial charge >= 0.3 is 7.82 Å². The molecule has 0 unspecified atom stereocenters. The van der Waals surface area contributed by atoms with E-state index in [9.17, 15) is 0 Å². The molecule has 0 atom stereocenters. The number of nitrogens with zero attached hydrogens (tertiary/aromatic N) is 2. The minimum atomic E-state index is -4.64. The highest BCUT2D eigenvalue weighted by molar-refractivity contribution is 7.45. The fourth-order valence-corrected chi connectivity index (χ4v) is 6.26. The Bertz CT molecular complexity index is 744. The molecule has 256 valence electrons. The zero-order valence-electron chi connectivity index (χ0n) is 29.4. The van der Waals surface area contributed by atoms with Gasteiger partial charge in [-0.1, -0.05) is 150 Å². The van der Waals surface area contributed by atoms with Crippen LogP contribution in [-0.4, -0.2) is 19.2 Å². The van der Waals surface area contributed by atoms with Gasteiger partial charge in [0, 0.05) is 19.3 Å². The SMILES string of the molecule is CCCCCCCCc1c(CCCCCCCC)[n+](C)c(CCCCCCCC)n1CCCCCCCC.O=P(O)(O)O. The highest BCUT2D eigenvalue weighted by Gasteiger charge is 2.27. The first kappa shape index (κ1) is 42.3. The molecule has 0 saturated heterocycles. The maximum atomic E-state index is 8.88. The standard InChI is InChI=1S/C36H71N2.H3O4P/c1-6-10-14-18-22-26-30-34-35(31-27-23-19-15-11-7-2)38(33-29-25-21-17-13-9-4)36(37(34)5)32-28-24-20-16-12-8-3;1-5(2,3)4/h6-33H2,1-5H3;(H3,1,2,3,4)/q+1;. The summed E-state index contributed by atoms with van der Waals surface area (Å²) in [4.78, 5) is 21.6. The molecular weight excluding hydrogens is 555 g/mol. The Balaban J connectivity index is 0.00000324. The second-order valence-electron chi connectivity index (χ2n) is 12.9. The third-order valence-corrected chi connectivity index (χ3v) is 8.79. The number of hydrogen-bond acceptors (Lipinski definition) is 1. The first-order valence-electron chi connectivity index (χ1n) is 18.6. The molecule has 43 heavy (non-hydrogen) atoms. The van der Waals surface area contributed by atoms with Gasteiger partial charge in [-0.05, 0) is 32.1 Å². The van der Waals surface area contributed by atoms with Crippen LogP contribution in [0.25, 0.3) is 0 Å². The van der Waals surface area contributed by atoms with Gasteiger partial charge in [0.25, 0.3) is 5.82 Å². The first-order valence-corrected chi connectivity index (χ1v) is 20.1. The van der Waals surface area contributed by atoms with Crippen molar-refractivity contribution < 1.29 is 23.8 Å². The van der Waals surface area contributed by atoms with Crippen LogP contribution < -0.4 is 4.57 Å². The second-order valence-corrected chi connectivity index (χ2v) is 13.9. The van der Waals surface area contributed by atoms with E-state index < -0.39 is 7.82 Å². The predicted molar refractivity (Wildman–Crippen MR) is 184 cm³/mol. The van der Waals surface area contributed by atoms with Crippen LogP contribution in [0.3, 0.4) is 0 Å². The molecule has 0 bridgehead atoms. The molecule has 0 aliphatic heterocycles. The van der Waals surface area contributed by atoms with Gasteiger partial charge in [-0.25, -0.2) is 13.7 Å². The Morgan fingerprint density at radius 2 is 0.837 bits per heavy atom. The monoisotopic (exact) mass is 630 g/mol. The van der Waals surface area contributed by atoms with Gasteiger partial charge in [-0.2, -0.15) is 0 Å². The summed E-state index contributed by atoms with van der Waals surface area (Å²) in [7, 11) is -2.22. The number of aromatic nitrogens is 2. The Morgan fingerprint density at radius 3 is 1.26 bits per heavy atom. The fraction of sp³-hybridized carbons (Fsp3) is 0.917. The Kier molecular flexibility index (Phi) is 28.3. The molecule has 0 saturated carbocycles. The number of rotatable bonds is 28. The number of phosphoric acid groups is 1. The zero-order chi connectivity index (χ0) is 32.2. The Morgan fingerprint density at radius 1 is 0.512 bits per heavy atom. The molecule has 3 N–H and O–H groups in total. The Labute approximate surface area is 267 Å². The van der Waals surface area contributed by atoms with Gasteiger partial charge < -0.3 is 14.7 Å². The largest absolute Gasteiger partial charge is 0.466 e. The van der Waals surface area contributed by atoms with Gasteiger partial charge in [-0.3, -0.25) is 0 Å². The molecule has 0 aromatic carbocycles. The van der Waals surface area contributed by atoms with E-state index in [4.69, 9.17) is 19.2 Å². The van der Waals surface area contributed by atoms with Crippen LogP contribution in [-0.2, 0) is 37.4 Å². The lowest BCUT2D eigenvalue weighted by Crippen LogP contribution is -2.36. The number of unbranched alkanes of at least 4 members (excludes halogenated alkanes) is 20. The van der Waals surface area contributed by atoms with Crippen molar-refractivity contribution in [1.29, 1.82) is 0 Å². The lowest BCUT2D eigenvalue weighted by atomic mass is 10.0. The van der Waals surface area contributed by atoms with Crippen LogP contribution >= 0.6 is 7.82 Å². The average molecular weight is 630 g/mol.